The first kappa shape index (κ1) is 8.81. The smallest absolute Gasteiger partial charge is 0.221 e. The summed E-state index contributed by atoms with van der Waals surface area (Å²) in [5.74, 6) is 0.472. The maximum absolute atomic E-state index is 11.0. The molecule has 64 valence electrons. The summed E-state index contributed by atoms with van der Waals surface area (Å²) in [7, 11) is 0. The van der Waals surface area contributed by atoms with Crippen LogP contribution < -0.4 is 10.6 Å². The lowest BCUT2D eigenvalue weighted by Crippen LogP contribution is -2.36. The Hall–Kier alpha value is -0.280. The third-order valence-corrected chi connectivity index (χ3v) is 1.94. The number of nitrogens with one attached hydrogen (secondary N) is 2. The van der Waals surface area contributed by atoms with Crippen molar-refractivity contribution in [2.75, 3.05) is 19.0 Å². The predicted molar refractivity (Wildman–Crippen MR) is 44.8 cm³/mol. The number of hydrogen-bond acceptors (Lipinski definition) is 2. The van der Waals surface area contributed by atoms with E-state index in [0.717, 1.165) is 19.5 Å². The lowest BCUT2D eigenvalue weighted by atomic mass is 10.2. The molecule has 0 bridgehead atoms. The first-order valence-electron chi connectivity index (χ1n) is 3.89. The highest BCUT2D eigenvalue weighted by molar-refractivity contribution is 6.18. The van der Waals surface area contributed by atoms with Crippen molar-refractivity contribution >= 4 is 17.5 Å². The third-order valence-electron chi connectivity index (χ3n) is 1.75. The molecular weight excluding hydrogens is 164 g/mol. The Morgan fingerprint density at radius 2 is 2.55 bits per heavy atom. The molecule has 0 aromatic heterocycles. The molecule has 4 heteroatoms. The van der Waals surface area contributed by atoms with Gasteiger partial charge in [0, 0.05) is 24.9 Å². The number of halogens is 1. The first-order valence-corrected chi connectivity index (χ1v) is 4.42. The molecule has 1 saturated heterocycles. The topological polar surface area (TPSA) is 41.1 Å². The predicted octanol–water partition coefficient (Wildman–Crippen LogP) is 0.0934. The molecule has 1 aliphatic heterocycles. The summed E-state index contributed by atoms with van der Waals surface area (Å²) in [5.41, 5.74) is 0. The first-order chi connectivity index (χ1) is 5.33. The van der Waals surface area contributed by atoms with E-state index in [1.165, 1.54) is 0 Å². The van der Waals surface area contributed by atoms with E-state index < -0.39 is 0 Å². The normalized spacial score (nSPS) is 23.5. The quantitative estimate of drug-likeness (QED) is 0.599. The maximum atomic E-state index is 11.0. The van der Waals surface area contributed by atoms with Crippen molar-refractivity contribution < 1.29 is 4.79 Å². The van der Waals surface area contributed by atoms with Gasteiger partial charge in [0.25, 0.3) is 0 Å². The molecule has 0 aliphatic carbocycles. The Morgan fingerprint density at radius 3 is 3.09 bits per heavy atom. The van der Waals surface area contributed by atoms with Gasteiger partial charge in [0.2, 0.25) is 5.91 Å². The fourth-order valence-electron chi connectivity index (χ4n) is 1.16. The third kappa shape index (κ3) is 3.08. The second-order valence-electron chi connectivity index (χ2n) is 2.70. The van der Waals surface area contributed by atoms with Crippen LogP contribution in [0, 0.1) is 0 Å². The molecule has 1 aliphatic rings. The maximum Gasteiger partial charge on any atom is 0.221 e. The van der Waals surface area contributed by atoms with Gasteiger partial charge in [-0.1, -0.05) is 0 Å². The molecule has 0 radical (unpaired) electrons. The number of carbonyl (C=O) groups excluding carboxylic acids is 1. The van der Waals surface area contributed by atoms with Gasteiger partial charge in [-0.3, -0.25) is 4.79 Å². The SMILES string of the molecule is O=C(CCCl)NC1CCNC1. The van der Waals surface area contributed by atoms with E-state index in [1.54, 1.807) is 0 Å². The average molecular weight is 177 g/mol. The summed E-state index contributed by atoms with van der Waals surface area (Å²) >= 11 is 5.41. The molecule has 0 aromatic carbocycles. The van der Waals surface area contributed by atoms with E-state index in [9.17, 15) is 4.79 Å². The largest absolute Gasteiger partial charge is 0.352 e. The summed E-state index contributed by atoms with van der Waals surface area (Å²) in [5, 5.41) is 6.07. The summed E-state index contributed by atoms with van der Waals surface area (Å²) in [4.78, 5) is 11.0. The molecule has 0 aromatic rings. The standard InChI is InChI=1S/C7H13ClN2O/c8-3-1-7(11)10-6-2-4-9-5-6/h6,9H,1-5H2,(H,10,11). The average Bonchev–Trinajstić information content (AvgIpc) is 2.40. The van der Waals surface area contributed by atoms with Crippen molar-refractivity contribution in [2.45, 2.75) is 18.9 Å². The van der Waals surface area contributed by atoms with Crippen LogP contribution in [0.3, 0.4) is 0 Å². The van der Waals surface area contributed by atoms with Gasteiger partial charge in [-0.15, -0.1) is 11.6 Å². The summed E-state index contributed by atoms with van der Waals surface area (Å²) in [6, 6.07) is 0.325. The molecule has 1 heterocycles. The van der Waals surface area contributed by atoms with Crippen LogP contribution in [0.5, 0.6) is 0 Å². The van der Waals surface area contributed by atoms with Crippen LogP contribution in [0.4, 0.5) is 0 Å². The van der Waals surface area contributed by atoms with Gasteiger partial charge in [0.15, 0.2) is 0 Å². The minimum absolute atomic E-state index is 0.0636. The van der Waals surface area contributed by atoms with Gasteiger partial charge in [-0.05, 0) is 13.0 Å². The molecule has 1 atom stereocenters. The summed E-state index contributed by atoms with van der Waals surface area (Å²) in [6.07, 6.45) is 1.46. The molecule has 1 unspecified atom stereocenters. The van der Waals surface area contributed by atoms with Crippen LogP contribution in [0.2, 0.25) is 0 Å². The van der Waals surface area contributed by atoms with Gasteiger partial charge in [-0.25, -0.2) is 0 Å². The highest BCUT2D eigenvalue weighted by atomic mass is 35.5. The molecule has 0 saturated carbocycles. The Bertz CT molecular complexity index is 134. The van der Waals surface area contributed by atoms with Crippen molar-refractivity contribution in [1.29, 1.82) is 0 Å². The van der Waals surface area contributed by atoms with Gasteiger partial charge in [0.1, 0.15) is 0 Å². The highest BCUT2D eigenvalue weighted by Gasteiger charge is 2.15. The van der Waals surface area contributed by atoms with Gasteiger partial charge in [0.05, 0.1) is 0 Å². The molecule has 1 amide bonds. The van der Waals surface area contributed by atoms with E-state index in [0.29, 0.717) is 18.3 Å². The number of hydrogen-bond donors (Lipinski definition) is 2. The van der Waals surface area contributed by atoms with Crippen LogP contribution in [-0.2, 0) is 4.79 Å². The Labute approximate surface area is 71.5 Å². The zero-order chi connectivity index (χ0) is 8.10. The minimum Gasteiger partial charge on any atom is -0.352 e. The summed E-state index contributed by atoms with van der Waals surface area (Å²) < 4.78 is 0. The Kier molecular flexibility index (Phi) is 3.66. The second kappa shape index (κ2) is 4.57. The van der Waals surface area contributed by atoms with E-state index in [1.807, 2.05) is 0 Å². The van der Waals surface area contributed by atoms with Crippen LogP contribution >= 0.6 is 11.6 Å². The molecule has 1 rings (SSSR count). The monoisotopic (exact) mass is 176 g/mol. The van der Waals surface area contributed by atoms with Gasteiger partial charge >= 0.3 is 0 Å². The second-order valence-corrected chi connectivity index (χ2v) is 3.07. The van der Waals surface area contributed by atoms with Crippen molar-refractivity contribution in [3.05, 3.63) is 0 Å². The van der Waals surface area contributed by atoms with Gasteiger partial charge in [-0.2, -0.15) is 0 Å². The molecule has 0 spiro atoms. The number of rotatable bonds is 3. The fraction of sp³-hybridized carbons (Fsp3) is 0.857. The molecule has 1 fully saturated rings. The molecule has 3 nitrogen and oxygen atoms in total. The van der Waals surface area contributed by atoms with E-state index in [4.69, 9.17) is 11.6 Å². The van der Waals surface area contributed by atoms with Crippen molar-refractivity contribution in [3.8, 4) is 0 Å². The Morgan fingerprint density at radius 1 is 1.73 bits per heavy atom. The van der Waals surface area contributed by atoms with Crippen molar-refractivity contribution in [3.63, 3.8) is 0 Å². The van der Waals surface area contributed by atoms with Crippen molar-refractivity contribution in [2.24, 2.45) is 0 Å². The van der Waals surface area contributed by atoms with Crippen LogP contribution in [-0.4, -0.2) is 30.9 Å². The van der Waals surface area contributed by atoms with Crippen LogP contribution in [0.15, 0.2) is 0 Å². The van der Waals surface area contributed by atoms with E-state index in [2.05, 4.69) is 10.6 Å². The lowest BCUT2D eigenvalue weighted by Gasteiger charge is -2.09. The number of carbonyl (C=O) groups is 1. The van der Waals surface area contributed by atoms with Crippen molar-refractivity contribution in [1.82, 2.24) is 10.6 Å². The van der Waals surface area contributed by atoms with Crippen LogP contribution in [0.1, 0.15) is 12.8 Å². The zero-order valence-corrected chi connectivity index (χ0v) is 7.16. The minimum atomic E-state index is 0.0636. The van der Waals surface area contributed by atoms with E-state index >= 15 is 0 Å². The number of alkyl halides is 1. The molecular formula is C7H13ClN2O. The molecule has 2 N–H and O–H groups in total. The Balaban J connectivity index is 2.13. The zero-order valence-electron chi connectivity index (χ0n) is 6.40. The number of amides is 1. The lowest BCUT2D eigenvalue weighted by molar-refractivity contribution is -0.121. The van der Waals surface area contributed by atoms with Crippen LogP contribution in [0.25, 0.3) is 0 Å². The molecule has 11 heavy (non-hydrogen) atoms. The van der Waals surface area contributed by atoms with Gasteiger partial charge < -0.3 is 10.6 Å². The summed E-state index contributed by atoms with van der Waals surface area (Å²) in [6.45, 7) is 1.90. The fourth-order valence-corrected chi connectivity index (χ4v) is 1.34. The van der Waals surface area contributed by atoms with E-state index in [-0.39, 0.29) is 5.91 Å². The highest BCUT2D eigenvalue weighted by Crippen LogP contribution is 1.97.